The Kier molecular flexibility index (Phi) is 4.85. The van der Waals surface area contributed by atoms with Crippen molar-refractivity contribution in [1.82, 2.24) is 0 Å². The fourth-order valence-corrected chi connectivity index (χ4v) is 2.49. The van der Waals surface area contributed by atoms with E-state index >= 15 is 0 Å². The smallest absolute Gasteiger partial charge is 0.339 e. The Morgan fingerprint density at radius 2 is 1.90 bits per heavy atom. The molecule has 0 radical (unpaired) electrons. The van der Waals surface area contributed by atoms with Crippen LogP contribution in [0.4, 0.5) is 0 Å². The first-order chi connectivity index (χ1) is 10.0. The van der Waals surface area contributed by atoms with E-state index in [1.165, 1.54) is 0 Å². The first kappa shape index (κ1) is 15.4. The molecule has 0 aliphatic heterocycles. The van der Waals surface area contributed by atoms with Gasteiger partial charge in [-0.3, -0.25) is 0 Å². The van der Waals surface area contributed by atoms with Gasteiger partial charge < -0.3 is 14.6 Å². The lowest BCUT2D eigenvalue weighted by Crippen LogP contribution is -2.04. The molecule has 0 heterocycles. The van der Waals surface area contributed by atoms with Crippen molar-refractivity contribution in [3.63, 3.8) is 0 Å². The molecule has 2 aromatic carbocycles. The summed E-state index contributed by atoms with van der Waals surface area (Å²) in [5.74, 6) is 0.102. The van der Waals surface area contributed by atoms with Gasteiger partial charge in [-0.05, 0) is 52.7 Å². The zero-order valence-corrected chi connectivity index (χ0v) is 13.3. The molecule has 2 rings (SSSR count). The van der Waals surface area contributed by atoms with E-state index in [4.69, 9.17) is 9.47 Å². The second kappa shape index (κ2) is 6.63. The lowest BCUT2D eigenvalue weighted by atomic mass is 10.1. The summed E-state index contributed by atoms with van der Waals surface area (Å²) in [5, 5.41) is 9.20. The van der Waals surface area contributed by atoms with E-state index < -0.39 is 5.97 Å². The number of rotatable bonds is 5. The Hall–Kier alpha value is -2.01. The van der Waals surface area contributed by atoms with E-state index in [-0.39, 0.29) is 12.2 Å². The number of aryl methyl sites for hydroxylation is 1. The van der Waals surface area contributed by atoms with Crippen LogP contribution in [0.2, 0.25) is 0 Å². The molecule has 0 atom stereocenters. The Labute approximate surface area is 131 Å². The molecule has 110 valence electrons. The van der Waals surface area contributed by atoms with Crippen molar-refractivity contribution < 1.29 is 19.4 Å². The maximum Gasteiger partial charge on any atom is 0.339 e. The molecule has 0 saturated carbocycles. The van der Waals surface area contributed by atoms with E-state index in [1.807, 2.05) is 31.2 Å². The zero-order valence-electron chi connectivity index (χ0n) is 11.7. The minimum atomic E-state index is -0.996. The van der Waals surface area contributed by atoms with E-state index in [2.05, 4.69) is 15.9 Å². The lowest BCUT2D eigenvalue weighted by Gasteiger charge is -2.11. The van der Waals surface area contributed by atoms with Crippen LogP contribution in [-0.2, 0) is 6.61 Å². The van der Waals surface area contributed by atoms with Gasteiger partial charge in [0.25, 0.3) is 0 Å². The highest BCUT2D eigenvalue weighted by atomic mass is 79.9. The number of hydrogen-bond acceptors (Lipinski definition) is 3. The fraction of sp³-hybridized carbons (Fsp3) is 0.188. The summed E-state index contributed by atoms with van der Waals surface area (Å²) >= 11 is 3.41. The molecule has 0 aromatic heterocycles. The lowest BCUT2D eigenvalue weighted by molar-refractivity contribution is 0.0691. The second-order valence-electron chi connectivity index (χ2n) is 4.56. The maximum atomic E-state index is 11.2. The van der Waals surface area contributed by atoms with Gasteiger partial charge >= 0.3 is 5.97 Å². The molecule has 4 nitrogen and oxygen atoms in total. The first-order valence-corrected chi connectivity index (χ1v) is 7.09. The highest BCUT2D eigenvalue weighted by molar-refractivity contribution is 9.10. The summed E-state index contributed by atoms with van der Waals surface area (Å²) in [6.07, 6.45) is 0. The van der Waals surface area contributed by atoms with Crippen molar-refractivity contribution in [2.75, 3.05) is 7.11 Å². The van der Waals surface area contributed by atoms with Crippen LogP contribution in [0.1, 0.15) is 21.5 Å². The van der Waals surface area contributed by atoms with E-state index in [1.54, 1.807) is 19.2 Å². The molecule has 21 heavy (non-hydrogen) atoms. The molecule has 0 spiro atoms. The quantitative estimate of drug-likeness (QED) is 0.883. The SMILES string of the molecule is COc1ccc(COc2ccc(C)cc2C(=O)O)cc1Br. The Balaban J connectivity index is 2.16. The Morgan fingerprint density at radius 3 is 2.52 bits per heavy atom. The summed E-state index contributed by atoms with van der Waals surface area (Å²) in [6, 6.07) is 10.7. The van der Waals surface area contributed by atoms with E-state index in [0.29, 0.717) is 5.75 Å². The van der Waals surface area contributed by atoms with Gasteiger partial charge in [-0.1, -0.05) is 17.7 Å². The average molecular weight is 351 g/mol. The summed E-state index contributed by atoms with van der Waals surface area (Å²) < 4.78 is 11.6. The van der Waals surface area contributed by atoms with Gasteiger partial charge in [0.2, 0.25) is 0 Å². The summed E-state index contributed by atoms with van der Waals surface area (Å²) in [6.45, 7) is 2.13. The van der Waals surface area contributed by atoms with Crippen LogP contribution in [0.5, 0.6) is 11.5 Å². The monoisotopic (exact) mass is 350 g/mol. The summed E-state index contributed by atoms with van der Waals surface area (Å²) in [4.78, 5) is 11.2. The molecule has 0 amide bonds. The van der Waals surface area contributed by atoms with Crippen LogP contribution in [0.15, 0.2) is 40.9 Å². The van der Waals surface area contributed by atoms with Crippen molar-refractivity contribution in [3.05, 3.63) is 57.6 Å². The normalized spacial score (nSPS) is 10.2. The predicted molar refractivity (Wildman–Crippen MR) is 83.2 cm³/mol. The van der Waals surface area contributed by atoms with E-state index in [0.717, 1.165) is 21.3 Å². The van der Waals surface area contributed by atoms with Crippen molar-refractivity contribution in [2.24, 2.45) is 0 Å². The van der Waals surface area contributed by atoms with Gasteiger partial charge in [0.1, 0.15) is 23.7 Å². The summed E-state index contributed by atoms with van der Waals surface area (Å²) in [7, 11) is 1.60. The average Bonchev–Trinajstić information content (AvgIpc) is 2.46. The molecule has 0 aliphatic rings. The number of carbonyl (C=O) groups is 1. The molecule has 0 saturated heterocycles. The topological polar surface area (TPSA) is 55.8 Å². The van der Waals surface area contributed by atoms with Crippen LogP contribution >= 0.6 is 15.9 Å². The number of ether oxygens (including phenoxy) is 2. The standard InChI is InChI=1S/C16H15BrO4/c1-10-3-5-14(12(7-10)16(18)19)21-9-11-4-6-15(20-2)13(17)8-11/h3-8H,9H2,1-2H3,(H,18,19). The van der Waals surface area contributed by atoms with Crippen molar-refractivity contribution in [1.29, 1.82) is 0 Å². The Bertz CT molecular complexity index is 667. The molecule has 2 aromatic rings. The third kappa shape index (κ3) is 3.76. The minimum Gasteiger partial charge on any atom is -0.496 e. The third-order valence-electron chi connectivity index (χ3n) is 2.98. The van der Waals surface area contributed by atoms with Gasteiger partial charge in [-0.2, -0.15) is 0 Å². The van der Waals surface area contributed by atoms with Crippen LogP contribution < -0.4 is 9.47 Å². The predicted octanol–water partition coefficient (Wildman–Crippen LogP) is 4.04. The number of carboxylic acid groups (broad SMARTS) is 1. The molecule has 1 N–H and O–H groups in total. The van der Waals surface area contributed by atoms with Crippen LogP contribution in [0.3, 0.4) is 0 Å². The number of hydrogen-bond donors (Lipinski definition) is 1. The van der Waals surface area contributed by atoms with Gasteiger partial charge in [-0.25, -0.2) is 4.79 Å². The molecule has 0 unspecified atom stereocenters. The molecular weight excluding hydrogens is 336 g/mol. The number of benzene rings is 2. The van der Waals surface area contributed by atoms with Gasteiger partial charge in [0, 0.05) is 0 Å². The molecule has 0 aliphatic carbocycles. The largest absolute Gasteiger partial charge is 0.496 e. The van der Waals surface area contributed by atoms with Crippen LogP contribution in [0.25, 0.3) is 0 Å². The third-order valence-corrected chi connectivity index (χ3v) is 3.60. The van der Waals surface area contributed by atoms with Crippen LogP contribution in [0, 0.1) is 6.92 Å². The van der Waals surface area contributed by atoms with Crippen molar-refractivity contribution in [3.8, 4) is 11.5 Å². The fourth-order valence-electron chi connectivity index (χ4n) is 1.90. The zero-order chi connectivity index (χ0) is 15.4. The van der Waals surface area contributed by atoms with Crippen molar-refractivity contribution >= 4 is 21.9 Å². The first-order valence-electron chi connectivity index (χ1n) is 6.30. The Morgan fingerprint density at radius 1 is 1.19 bits per heavy atom. The van der Waals surface area contributed by atoms with Crippen LogP contribution in [-0.4, -0.2) is 18.2 Å². The second-order valence-corrected chi connectivity index (χ2v) is 5.42. The minimum absolute atomic E-state index is 0.169. The van der Waals surface area contributed by atoms with E-state index in [9.17, 15) is 9.90 Å². The van der Waals surface area contributed by atoms with Gasteiger partial charge in [0.05, 0.1) is 11.6 Å². The van der Waals surface area contributed by atoms with Gasteiger partial charge in [0.15, 0.2) is 0 Å². The number of aromatic carboxylic acids is 1. The molecule has 0 bridgehead atoms. The van der Waals surface area contributed by atoms with Gasteiger partial charge in [-0.15, -0.1) is 0 Å². The number of methoxy groups -OCH3 is 1. The number of halogens is 1. The summed E-state index contributed by atoms with van der Waals surface area (Å²) in [5.41, 5.74) is 1.97. The highest BCUT2D eigenvalue weighted by Gasteiger charge is 2.12. The molecule has 5 heteroatoms. The number of carboxylic acids is 1. The molecule has 0 fully saturated rings. The maximum absolute atomic E-state index is 11.2. The van der Waals surface area contributed by atoms with Crippen molar-refractivity contribution in [2.45, 2.75) is 13.5 Å². The highest BCUT2D eigenvalue weighted by Crippen LogP contribution is 2.27. The molecular formula is C16H15BrO4.